The van der Waals surface area contributed by atoms with Crippen LogP contribution >= 0.6 is 0 Å². The van der Waals surface area contributed by atoms with E-state index in [4.69, 9.17) is 4.74 Å². The van der Waals surface area contributed by atoms with Crippen molar-refractivity contribution in [2.75, 3.05) is 13.2 Å². The second kappa shape index (κ2) is 5.83. The molecule has 1 rings (SSSR count). The minimum Gasteiger partial charge on any atom is -0.375 e. The fourth-order valence-corrected chi connectivity index (χ4v) is 1.15. The lowest BCUT2D eigenvalue weighted by atomic mass is 10.2. The topological polar surface area (TPSA) is 34.1 Å². The number of hydrogen-bond acceptors (Lipinski definition) is 3. The van der Waals surface area contributed by atoms with Crippen LogP contribution in [0.3, 0.4) is 0 Å². The van der Waals surface area contributed by atoms with Gasteiger partial charge in [0.2, 0.25) is 0 Å². The van der Waals surface area contributed by atoms with Gasteiger partial charge in [-0.2, -0.15) is 0 Å². The molecule has 0 amide bonds. The van der Waals surface area contributed by atoms with Gasteiger partial charge >= 0.3 is 0 Å². The summed E-state index contributed by atoms with van der Waals surface area (Å²) in [5.74, 6) is 0. The molecule has 1 aromatic heterocycles. The lowest BCUT2D eigenvalue weighted by molar-refractivity contribution is -0.000904. The van der Waals surface area contributed by atoms with Crippen molar-refractivity contribution in [1.82, 2.24) is 10.3 Å². The highest BCUT2D eigenvalue weighted by atomic mass is 16.5. The molecular weight excluding hydrogens is 188 g/mol. The Hall–Kier alpha value is -0.930. The molecule has 0 aliphatic carbocycles. The van der Waals surface area contributed by atoms with Gasteiger partial charge in [0.1, 0.15) is 0 Å². The maximum Gasteiger partial charge on any atom is 0.0599 e. The second-order valence-electron chi connectivity index (χ2n) is 4.46. The summed E-state index contributed by atoms with van der Waals surface area (Å²) >= 11 is 0. The molecule has 0 saturated carbocycles. The monoisotopic (exact) mass is 208 g/mol. The molecule has 0 saturated heterocycles. The summed E-state index contributed by atoms with van der Waals surface area (Å²) in [5.41, 5.74) is 1.01. The summed E-state index contributed by atoms with van der Waals surface area (Å²) in [5, 5.41) is 3.29. The molecule has 0 fully saturated rings. The van der Waals surface area contributed by atoms with Crippen molar-refractivity contribution < 1.29 is 4.74 Å². The number of nitrogens with zero attached hydrogens (tertiary/aromatic N) is 1. The first kappa shape index (κ1) is 12.1. The van der Waals surface area contributed by atoms with Crippen LogP contribution in [0.25, 0.3) is 0 Å². The molecule has 1 aromatic rings. The summed E-state index contributed by atoms with van der Waals surface area (Å²) < 4.78 is 5.58. The van der Waals surface area contributed by atoms with Gasteiger partial charge in [0.15, 0.2) is 0 Å². The van der Waals surface area contributed by atoms with E-state index in [1.54, 1.807) is 0 Å². The van der Waals surface area contributed by atoms with E-state index in [2.05, 4.69) is 31.1 Å². The summed E-state index contributed by atoms with van der Waals surface area (Å²) in [6.07, 6.45) is 1.81. The SMILES string of the molecule is CC(C)(C)OCCNCc1ccccn1. The Morgan fingerprint density at radius 1 is 1.33 bits per heavy atom. The molecule has 0 radical (unpaired) electrons. The normalized spacial score (nSPS) is 11.7. The summed E-state index contributed by atoms with van der Waals surface area (Å²) in [6, 6.07) is 5.93. The van der Waals surface area contributed by atoms with Gasteiger partial charge in [0.25, 0.3) is 0 Å². The van der Waals surface area contributed by atoms with Crippen LogP contribution in [0.5, 0.6) is 0 Å². The van der Waals surface area contributed by atoms with E-state index < -0.39 is 0 Å². The van der Waals surface area contributed by atoms with E-state index in [0.29, 0.717) is 0 Å². The fourth-order valence-electron chi connectivity index (χ4n) is 1.15. The van der Waals surface area contributed by atoms with Crippen LogP contribution in [0.1, 0.15) is 26.5 Å². The molecule has 1 heterocycles. The van der Waals surface area contributed by atoms with E-state index in [0.717, 1.165) is 25.4 Å². The third-order valence-electron chi connectivity index (χ3n) is 1.85. The minimum absolute atomic E-state index is 0.0489. The number of aromatic nitrogens is 1. The third-order valence-corrected chi connectivity index (χ3v) is 1.85. The van der Waals surface area contributed by atoms with E-state index in [1.807, 2.05) is 24.4 Å². The first-order chi connectivity index (χ1) is 7.08. The Morgan fingerprint density at radius 3 is 2.73 bits per heavy atom. The Bertz CT molecular complexity index is 267. The van der Waals surface area contributed by atoms with Crippen LogP contribution in [0.15, 0.2) is 24.4 Å². The fraction of sp³-hybridized carbons (Fsp3) is 0.583. The maximum absolute atomic E-state index is 5.58. The highest BCUT2D eigenvalue weighted by molar-refractivity contribution is 5.02. The Balaban J connectivity index is 2.08. The Kier molecular flexibility index (Phi) is 4.72. The average Bonchev–Trinajstić information content (AvgIpc) is 2.17. The quantitative estimate of drug-likeness (QED) is 0.751. The number of pyridine rings is 1. The van der Waals surface area contributed by atoms with Crippen molar-refractivity contribution >= 4 is 0 Å². The second-order valence-corrected chi connectivity index (χ2v) is 4.46. The standard InChI is InChI=1S/C12H20N2O/c1-12(2,3)15-9-8-13-10-11-6-4-5-7-14-11/h4-7,13H,8-10H2,1-3H3. The Morgan fingerprint density at radius 2 is 2.13 bits per heavy atom. The molecule has 1 N–H and O–H groups in total. The lowest BCUT2D eigenvalue weighted by Gasteiger charge is -2.19. The van der Waals surface area contributed by atoms with E-state index in [-0.39, 0.29) is 5.60 Å². The molecule has 0 unspecified atom stereocenters. The number of nitrogens with one attached hydrogen (secondary N) is 1. The zero-order chi connectivity index (χ0) is 11.1. The molecule has 15 heavy (non-hydrogen) atoms. The molecular formula is C12H20N2O. The van der Waals surface area contributed by atoms with E-state index in [1.165, 1.54) is 0 Å². The summed E-state index contributed by atoms with van der Waals surface area (Å²) in [7, 11) is 0. The smallest absolute Gasteiger partial charge is 0.0599 e. The largest absolute Gasteiger partial charge is 0.375 e. The van der Waals surface area contributed by atoms with Gasteiger partial charge in [-0.05, 0) is 32.9 Å². The van der Waals surface area contributed by atoms with Crippen LogP contribution < -0.4 is 5.32 Å². The summed E-state index contributed by atoms with van der Waals surface area (Å²) in [6.45, 7) is 8.57. The van der Waals surface area contributed by atoms with Gasteiger partial charge in [-0.25, -0.2) is 0 Å². The molecule has 0 aliphatic rings. The van der Waals surface area contributed by atoms with Crippen molar-refractivity contribution in [1.29, 1.82) is 0 Å². The average molecular weight is 208 g/mol. The Labute approximate surface area is 91.9 Å². The first-order valence-corrected chi connectivity index (χ1v) is 5.32. The molecule has 3 nitrogen and oxygen atoms in total. The van der Waals surface area contributed by atoms with Crippen LogP contribution in [0.4, 0.5) is 0 Å². The van der Waals surface area contributed by atoms with Gasteiger partial charge in [0.05, 0.1) is 17.9 Å². The van der Waals surface area contributed by atoms with Crippen LogP contribution in [-0.2, 0) is 11.3 Å². The molecule has 0 spiro atoms. The van der Waals surface area contributed by atoms with Crippen molar-refractivity contribution in [3.63, 3.8) is 0 Å². The maximum atomic E-state index is 5.58. The highest BCUT2D eigenvalue weighted by Gasteiger charge is 2.08. The molecule has 3 heteroatoms. The minimum atomic E-state index is -0.0489. The summed E-state index contributed by atoms with van der Waals surface area (Å²) in [4.78, 5) is 4.22. The van der Waals surface area contributed by atoms with Crippen molar-refractivity contribution in [3.05, 3.63) is 30.1 Å². The van der Waals surface area contributed by atoms with Crippen LogP contribution in [0, 0.1) is 0 Å². The number of rotatable bonds is 5. The van der Waals surface area contributed by atoms with Gasteiger partial charge in [-0.15, -0.1) is 0 Å². The predicted molar refractivity (Wildman–Crippen MR) is 61.6 cm³/mol. The van der Waals surface area contributed by atoms with Crippen molar-refractivity contribution in [2.24, 2.45) is 0 Å². The number of ether oxygens (including phenoxy) is 1. The van der Waals surface area contributed by atoms with Gasteiger partial charge < -0.3 is 10.1 Å². The first-order valence-electron chi connectivity index (χ1n) is 5.32. The number of hydrogen-bond donors (Lipinski definition) is 1. The van der Waals surface area contributed by atoms with Gasteiger partial charge in [0, 0.05) is 19.3 Å². The molecule has 0 aromatic carbocycles. The van der Waals surface area contributed by atoms with Crippen molar-refractivity contribution in [3.8, 4) is 0 Å². The third kappa shape index (κ3) is 6.20. The predicted octanol–water partition coefficient (Wildman–Crippen LogP) is 1.99. The molecule has 84 valence electrons. The molecule has 0 bridgehead atoms. The zero-order valence-corrected chi connectivity index (χ0v) is 9.79. The molecule has 0 aliphatic heterocycles. The van der Waals surface area contributed by atoms with Crippen LogP contribution in [0.2, 0.25) is 0 Å². The van der Waals surface area contributed by atoms with E-state index in [9.17, 15) is 0 Å². The van der Waals surface area contributed by atoms with Crippen molar-refractivity contribution in [2.45, 2.75) is 32.9 Å². The lowest BCUT2D eigenvalue weighted by Crippen LogP contribution is -2.26. The highest BCUT2D eigenvalue weighted by Crippen LogP contribution is 2.05. The van der Waals surface area contributed by atoms with Gasteiger partial charge in [-0.3, -0.25) is 4.98 Å². The van der Waals surface area contributed by atoms with Gasteiger partial charge in [-0.1, -0.05) is 6.07 Å². The van der Waals surface area contributed by atoms with E-state index >= 15 is 0 Å². The molecule has 0 atom stereocenters. The zero-order valence-electron chi connectivity index (χ0n) is 9.79. The van der Waals surface area contributed by atoms with Crippen LogP contribution in [-0.4, -0.2) is 23.7 Å².